The summed E-state index contributed by atoms with van der Waals surface area (Å²) in [7, 11) is 1.61. The molecule has 13 heteroatoms. The number of fused-ring (bicyclic) bond motifs is 3. The van der Waals surface area contributed by atoms with Crippen LogP contribution in [0.5, 0.6) is 5.75 Å². The Balaban J connectivity index is 0.960. The Kier molecular flexibility index (Phi) is 9.78. The Morgan fingerprint density at radius 2 is 1.72 bits per heavy atom. The number of H-pyrrole nitrogens is 1. The predicted octanol–water partition coefficient (Wildman–Crippen LogP) is 5.29. The lowest BCUT2D eigenvalue weighted by atomic mass is 9.95. The summed E-state index contributed by atoms with van der Waals surface area (Å²) in [5.41, 5.74) is 5.41. The molecule has 1 unspecified atom stereocenters. The molecule has 0 bridgehead atoms. The zero-order chi connectivity index (χ0) is 34.8. The molecule has 0 aliphatic carbocycles. The van der Waals surface area contributed by atoms with Gasteiger partial charge in [0.25, 0.3) is 0 Å². The lowest BCUT2D eigenvalue weighted by Crippen LogP contribution is -2.51. The monoisotopic (exact) mass is 683 g/mol. The number of nitrogens with one attached hydrogen (secondary N) is 1. The van der Waals surface area contributed by atoms with Gasteiger partial charge < -0.3 is 33.9 Å². The SMILES string of the molecule is COCOc1ccccc1-c1cc2c3c([nH]c2nn1)CCN(c1ncc(N2CCC(CN4CCN(C(=O)OC(C)(C)C)CC4)CC2)cn1)C3C. The van der Waals surface area contributed by atoms with Gasteiger partial charge in [-0.15, -0.1) is 10.2 Å². The molecule has 13 nitrogen and oxygen atoms in total. The minimum absolute atomic E-state index is 0.0529. The third-order valence-corrected chi connectivity index (χ3v) is 10.1. The zero-order valence-corrected chi connectivity index (χ0v) is 29.9. The van der Waals surface area contributed by atoms with Crippen molar-refractivity contribution in [2.45, 2.75) is 58.6 Å². The van der Waals surface area contributed by atoms with Gasteiger partial charge >= 0.3 is 6.09 Å². The molecule has 0 spiro atoms. The normalized spacial score (nSPS) is 19.1. The molecule has 6 heterocycles. The molecule has 7 rings (SSSR count). The minimum atomic E-state index is -0.461. The number of para-hydroxylation sites is 1. The summed E-state index contributed by atoms with van der Waals surface area (Å²) in [6.45, 7) is 15.2. The fourth-order valence-corrected chi connectivity index (χ4v) is 7.45. The third kappa shape index (κ3) is 7.34. The molecule has 266 valence electrons. The Morgan fingerprint density at radius 3 is 2.44 bits per heavy atom. The molecule has 0 saturated carbocycles. The van der Waals surface area contributed by atoms with Crippen molar-refractivity contribution in [1.82, 2.24) is 34.9 Å². The summed E-state index contributed by atoms with van der Waals surface area (Å²) in [6, 6.07) is 9.97. The van der Waals surface area contributed by atoms with E-state index in [1.165, 1.54) is 11.3 Å². The van der Waals surface area contributed by atoms with Gasteiger partial charge in [-0.3, -0.25) is 4.90 Å². The second kappa shape index (κ2) is 14.4. The number of carbonyl (C=O) groups excluding carboxylic acids is 1. The molecule has 4 aromatic rings. The van der Waals surface area contributed by atoms with Crippen molar-refractivity contribution in [3.63, 3.8) is 0 Å². The van der Waals surface area contributed by atoms with Gasteiger partial charge in [0.1, 0.15) is 11.4 Å². The topological polar surface area (TPSA) is 125 Å². The van der Waals surface area contributed by atoms with E-state index in [1.807, 2.05) is 62.3 Å². The standard InChI is InChI=1S/C37H49N9O4/c1-25-33-29-20-31(28-8-6-7-9-32(28)49-24-48-5)41-42-34(29)40-30(33)12-15-46(25)35-38-21-27(22-39-35)44-13-10-26(11-14-44)23-43-16-18-45(19-17-43)36(47)50-37(2,3)4/h6-9,20-22,25-26H,10-19,23-24H2,1-5H3,(H,40,42). The van der Waals surface area contributed by atoms with Crippen molar-refractivity contribution in [3.05, 3.63) is 54.0 Å². The van der Waals surface area contributed by atoms with Crippen LogP contribution < -0.4 is 14.5 Å². The van der Waals surface area contributed by atoms with Crippen LogP contribution in [0.25, 0.3) is 22.3 Å². The van der Waals surface area contributed by atoms with Gasteiger partial charge in [0.15, 0.2) is 12.4 Å². The van der Waals surface area contributed by atoms with Crippen LogP contribution in [0, 0.1) is 5.92 Å². The average Bonchev–Trinajstić information content (AvgIpc) is 3.50. The Labute approximate surface area is 293 Å². The highest BCUT2D eigenvalue weighted by Gasteiger charge is 2.31. The molecule has 2 saturated heterocycles. The van der Waals surface area contributed by atoms with Crippen molar-refractivity contribution >= 4 is 28.8 Å². The number of methoxy groups -OCH3 is 1. The molecule has 2 fully saturated rings. The van der Waals surface area contributed by atoms with Gasteiger partial charge in [-0.1, -0.05) is 12.1 Å². The summed E-state index contributed by atoms with van der Waals surface area (Å²) < 4.78 is 16.5. The number of rotatable bonds is 8. The lowest BCUT2D eigenvalue weighted by Gasteiger charge is -2.39. The number of aromatic amines is 1. The quantitative estimate of drug-likeness (QED) is 0.244. The largest absolute Gasteiger partial charge is 0.467 e. The van der Waals surface area contributed by atoms with E-state index in [-0.39, 0.29) is 18.9 Å². The van der Waals surface area contributed by atoms with Crippen LogP contribution in [-0.4, -0.2) is 113 Å². The van der Waals surface area contributed by atoms with Crippen LogP contribution in [0.2, 0.25) is 0 Å². The van der Waals surface area contributed by atoms with E-state index in [0.29, 0.717) is 11.7 Å². The van der Waals surface area contributed by atoms with Crippen LogP contribution in [0.3, 0.4) is 0 Å². The van der Waals surface area contributed by atoms with Crippen molar-refractivity contribution in [2.24, 2.45) is 5.92 Å². The number of piperazine rings is 1. The molecule has 1 aromatic carbocycles. The molecule has 1 amide bonds. The van der Waals surface area contributed by atoms with Crippen molar-refractivity contribution < 1.29 is 19.0 Å². The molecule has 3 aliphatic heterocycles. The number of nitrogens with zero attached hydrogens (tertiary/aromatic N) is 8. The Hall–Kier alpha value is -4.49. The molecule has 3 aromatic heterocycles. The Bertz CT molecular complexity index is 1770. The molecular weight excluding hydrogens is 634 g/mol. The molecule has 1 N–H and O–H groups in total. The van der Waals surface area contributed by atoms with Gasteiger partial charge in [-0.05, 0) is 64.7 Å². The highest BCUT2D eigenvalue weighted by atomic mass is 16.7. The lowest BCUT2D eigenvalue weighted by molar-refractivity contribution is 0.0130. The smallest absolute Gasteiger partial charge is 0.410 e. The van der Waals surface area contributed by atoms with Crippen LogP contribution in [0.15, 0.2) is 42.7 Å². The van der Waals surface area contributed by atoms with E-state index in [2.05, 4.69) is 42.9 Å². The van der Waals surface area contributed by atoms with Gasteiger partial charge in [0, 0.05) is 88.1 Å². The predicted molar refractivity (Wildman–Crippen MR) is 193 cm³/mol. The first-order chi connectivity index (χ1) is 24.2. The molecule has 50 heavy (non-hydrogen) atoms. The van der Waals surface area contributed by atoms with Gasteiger partial charge in [0.05, 0.1) is 29.8 Å². The number of hydrogen-bond donors (Lipinski definition) is 1. The fourth-order valence-electron chi connectivity index (χ4n) is 7.45. The van der Waals surface area contributed by atoms with E-state index in [4.69, 9.17) is 24.2 Å². The van der Waals surface area contributed by atoms with Gasteiger partial charge in [-0.2, -0.15) is 0 Å². The van der Waals surface area contributed by atoms with E-state index in [0.717, 1.165) is 106 Å². The number of anilines is 2. The maximum Gasteiger partial charge on any atom is 0.410 e. The number of benzene rings is 1. The highest BCUT2D eigenvalue weighted by molar-refractivity contribution is 5.86. The first kappa shape index (κ1) is 34.0. The van der Waals surface area contributed by atoms with E-state index in [9.17, 15) is 4.79 Å². The van der Waals surface area contributed by atoms with E-state index in [1.54, 1.807) is 7.11 Å². The molecule has 0 radical (unpaired) electrons. The molecular formula is C37H49N9O4. The second-order valence-electron chi connectivity index (χ2n) is 14.6. The minimum Gasteiger partial charge on any atom is -0.467 e. The van der Waals surface area contributed by atoms with Crippen molar-refractivity contribution in [1.29, 1.82) is 0 Å². The number of aromatic nitrogens is 5. The number of amides is 1. The number of carbonyl (C=O) groups is 1. The number of piperidine rings is 1. The van der Waals surface area contributed by atoms with Crippen LogP contribution in [-0.2, 0) is 15.9 Å². The van der Waals surface area contributed by atoms with Crippen LogP contribution in [0.1, 0.15) is 57.8 Å². The van der Waals surface area contributed by atoms with Crippen LogP contribution >= 0.6 is 0 Å². The second-order valence-corrected chi connectivity index (χ2v) is 14.6. The summed E-state index contributed by atoms with van der Waals surface area (Å²) in [5, 5.41) is 10.2. The van der Waals surface area contributed by atoms with Gasteiger partial charge in [-0.25, -0.2) is 14.8 Å². The summed E-state index contributed by atoms with van der Waals surface area (Å²) in [4.78, 5) is 34.8. The van der Waals surface area contributed by atoms with Crippen LogP contribution in [0.4, 0.5) is 16.4 Å². The Morgan fingerprint density at radius 1 is 0.980 bits per heavy atom. The number of hydrogen-bond acceptors (Lipinski definition) is 11. The molecule has 1 atom stereocenters. The third-order valence-electron chi connectivity index (χ3n) is 10.1. The summed E-state index contributed by atoms with van der Waals surface area (Å²) in [5.74, 6) is 2.09. The maximum atomic E-state index is 12.4. The molecule has 3 aliphatic rings. The summed E-state index contributed by atoms with van der Waals surface area (Å²) >= 11 is 0. The van der Waals surface area contributed by atoms with Crippen molar-refractivity contribution in [3.8, 4) is 17.0 Å². The fraction of sp³-hybridized carbons (Fsp3) is 0.541. The maximum absolute atomic E-state index is 12.4. The van der Waals surface area contributed by atoms with Gasteiger partial charge in [0.2, 0.25) is 5.95 Å². The average molecular weight is 684 g/mol. The zero-order valence-electron chi connectivity index (χ0n) is 29.9. The van der Waals surface area contributed by atoms with Crippen molar-refractivity contribution in [2.75, 3.05) is 76.1 Å². The first-order valence-electron chi connectivity index (χ1n) is 17.8. The first-order valence-corrected chi connectivity index (χ1v) is 17.8. The highest BCUT2D eigenvalue weighted by Crippen LogP contribution is 2.38. The van der Waals surface area contributed by atoms with E-state index >= 15 is 0 Å². The number of ether oxygens (including phenoxy) is 3. The van der Waals surface area contributed by atoms with E-state index < -0.39 is 5.60 Å². The summed E-state index contributed by atoms with van der Waals surface area (Å²) in [6.07, 6.45) is 6.87.